The molecule has 5 heteroatoms. The van der Waals surface area contributed by atoms with Gasteiger partial charge in [-0.25, -0.2) is 4.79 Å². The lowest BCUT2D eigenvalue weighted by molar-refractivity contribution is 0.101. The van der Waals surface area contributed by atoms with Crippen molar-refractivity contribution in [1.29, 1.82) is 0 Å². The third-order valence-electron chi connectivity index (χ3n) is 5.39. The second kappa shape index (κ2) is 7.29. The molecule has 0 radical (unpaired) electrons. The summed E-state index contributed by atoms with van der Waals surface area (Å²) in [5.41, 5.74) is 3.09. The number of aryl methyl sites for hydroxylation is 1. The van der Waals surface area contributed by atoms with Gasteiger partial charge in [0.2, 0.25) is 5.78 Å². The number of fused-ring (bicyclic) bond motifs is 3. The largest absolute Gasteiger partial charge is 0.497 e. The molecular formula is C26H18O5. The van der Waals surface area contributed by atoms with Gasteiger partial charge < -0.3 is 13.6 Å². The lowest BCUT2D eigenvalue weighted by Gasteiger charge is -2.07. The van der Waals surface area contributed by atoms with Gasteiger partial charge in [0.1, 0.15) is 16.9 Å². The van der Waals surface area contributed by atoms with Gasteiger partial charge in [-0.2, -0.15) is 0 Å². The molecule has 0 saturated heterocycles. The highest BCUT2D eigenvalue weighted by atomic mass is 16.5. The van der Waals surface area contributed by atoms with Crippen molar-refractivity contribution in [2.75, 3.05) is 7.11 Å². The van der Waals surface area contributed by atoms with Gasteiger partial charge in [-0.1, -0.05) is 42.5 Å². The van der Waals surface area contributed by atoms with E-state index in [2.05, 4.69) is 0 Å². The van der Waals surface area contributed by atoms with Gasteiger partial charge in [0.05, 0.1) is 12.5 Å². The Bertz CT molecular complexity index is 1490. The van der Waals surface area contributed by atoms with Crippen LogP contribution in [-0.4, -0.2) is 12.9 Å². The average Bonchev–Trinajstić information content (AvgIpc) is 3.19. The van der Waals surface area contributed by atoms with Crippen LogP contribution >= 0.6 is 0 Å². The number of benzene rings is 3. The Kier molecular flexibility index (Phi) is 4.44. The Labute approximate surface area is 177 Å². The van der Waals surface area contributed by atoms with Crippen molar-refractivity contribution in [2.24, 2.45) is 0 Å². The topological polar surface area (TPSA) is 69.7 Å². The van der Waals surface area contributed by atoms with Gasteiger partial charge >= 0.3 is 5.63 Å². The van der Waals surface area contributed by atoms with Crippen molar-refractivity contribution in [3.8, 4) is 16.9 Å². The highest BCUT2D eigenvalue weighted by Crippen LogP contribution is 2.40. The smallest absolute Gasteiger partial charge is 0.336 e. The van der Waals surface area contributed by atoms with E-state index >= 15 is 0 Å². The number of carbonyl (C=O) groups excluding carboxylic acids is 1. The lowest BCUT2D eigenvalue weighted by Crippen LogP contribution is -2.01. The van der Waals surface area contributed by atoms with Crippen LogP contribution in [0.15, 0.2) is 86.4 Å². The van der Waals surface area contributed by atoms with Crippen molar-refractivity contribution in [3.05, 3.63) is 100 Å². The molecule has 5 rings (SSSR count). The molecule has 31 heavy (non-hydrogen) atoms. The van der Waals surface area contributed by atoms with E-state index in [1.54, 1.807) is 37.4 Å². The summed E-state index contributed by atoms with van der Waals surface area (Å²) >= 11 is 0. The summed E-state index contributed by atoms with van der Waals surface area (Å²) in [4.78, 5) is 25.6. The molecule has 0 bridgehead atoms. The van der Waals surface area contributed by atoms with E-state index < -0.39 is 5.63 Å². The third-order valence-corrected chi connectivity index (χ3v) is 5.39. The molecule has 0 unspecified atom stereocenters. The fraction of sp³-hybridized carbons (Fsp3) is 0.0769. The molecule has 5 nitrogen and oxygen atoms in total. The summed E-state index contributed by atoms with van der Waals surface area (Å²) in [6, 6.07) is 21.4. The van der Waals surface area contributed by atoms with E-state index in [1.807, 2.05) is 43.3 Å². The van der Waals surface area contributed by atoms with Gasteiger partial charge in [-0.15, -0.1) is 0 Å². The van der Waals surface area contributed by atoms with E-state index in [4.69, 9.17) is 13.6 Å². The Morgan fingerprint density at radius 1 is 0.903 bits per heavy atom. The minimum Gasteiger partial charge on any atom is -0.497 e. The van der Waals surface area contributed by atoms with Crippen LogP contribution in [-0.2, 0) is 0 Å². The lowest BCUT2D eigenvalue weighted by atomic mass is 9.96. The molecule has 152 valence electrons. The first-order chi connectivity index (χ1) is 15.1. The van der Waals surface area contributed by atoms with Crippen LogP contribution in [0.2, 0.25) is 0 Å². The first kappa shape index (κ1) is 18.9. The van der Waals surface area contributed by atoms with Crippen LogP contribution in [0.4, 0.5) is 0 Å². The van der Waals surface area contributed by atoms with Gasteiger partial charge in [-0.3, -0.25) is 4.79 Å². The van der Waals surface area contributed by atoms with E-state index in [-0.39, 0.29) is 11.5 Å². The molecule has 0 fully saturated rings. The summed E-state index contributed by atoms with van der Waals surface area (Å²) < 4.78 is 17.0. The molecule has 0 spiro atoms. The second-order valence-electron chi connectivity index (χ2n) is 7.29. The van der Waals surface area contributed by atoms with Gasteiger partial charge in [0, 0.05) is 22.6 Å². The average molecular weight is 410 g/mol. The van der Waals surface area contributed by atoms with E-state index in [0.29, 0.717) is 33.4 Å². The Morgan fingerprint density at radius 3 is 2.35 bits per heavy atom. The summed E-state index contributed by atoms with van der Waals surface area (Å²) in [5.74, 6) is 0.647. The van der Waals surface area contributed by atoms with E-state index in [9.17, 15) is 9.59 Å². The minimum atomic E-state index is -0.449. The van der Waals surface area contributed by atoms with Crippen LogP contribution in [0, 0.1) is 6.92 Å². The number of rotatable bonds is 4. The number of ketones is 1. The zero-order chi connectivity index (χ0) is 21.5. The van der Waals surface area contributed by atoms with Crippen molar-refractivity contribution < 1.29 is 18.4 Å². The Hall–Kier alpha value is -4.12. The van der Waals surface area contributed by atoms with Gasteiger partial charge in [0.25, 0.3) is 0 Å². The predicted octanol–water partition coefficient (Wildman–Crippen LogP) is 5.75. The van der Waals surface area contributed by atoms with Crippen LogP contribution in [0.5, 0.6) is 5.75 Å². The van der Waals surface area contributed by atoms with Crippen molar-refractivity contribution in [3.63, 3.8) is 0 Å². The molecule has 3 aromatic carbocycles. The highest BCUT2D eigenvalue weighted by molar-refractivity contribution is 6.20. The van der Waals surface area contributed by atoms with Crippen LogP contribution < -0.4 is 10.4 Å². The molecule has 0 N–H and O–H groups in total. The summed E-state index contributed by atoms with van der Waals surface area (Å²) in [6.45, 7) is 1.86. The van der Waals surface area contributed by atoms with Crippen LogP contribution in [0.1, 0.15) is 21.7 Å². The van der Waals surface area contributed by atoms with Crippen molar-refractivity contribution >= 4 is 27.7 Å². The summed E-state index contributed by atoms with van der Waals surface area (Å²) in [5, 5.41) is 1.39. The Morgan fingerprint density at radius 2 is 1.65 bits per heavy atom. The van der Waals surface area contributed by atoms with Crippen molar-refractivity contribution in [2.45, 2.75) is 6.92 Å². The van der Waals surface area contributed by atoms with Crippen LogP contribution in [0.25, 0.3) is 33.1 Å². The van der Waals surface area contributed by atoms with E-state index in [0.717, 1.165) is 16.5 Å². The molecule has 0 aliphatic carbocycles. The molecule has 0 aliphatic rings. The minimum absolute atomic E-state index is 0.197. The fourth-order valence-electron chi connectivity index (χ4n) is 3.88. The summed E-state index contributed by atoms with van der Waals surface area (Å²) in [7, 11) is 1.59. The molecule has 5 aromatic rings. The summed E-state index contributed by atoms with van der Waals surface area (Å²) in [6.07, 6.45) is 0. The number of furan rings is 1. The molecular weight excluding hydrogens is 392 g/mol. The first-order valence-electron chi connectivity index (χ1n) is 9.81. The van der Waals surface area contributed by atoms with Crippen LogP contribution in [0.3, 0.4) is 0 Å². The van der Waals surface area contributed by atoms with Gasteiger partial charge in [-0.05, 0) is 42.3 Å². The SMILES string of the molecule is COc1ccc(-c2c(C(=O)c3ccccc3)oc3ccc4c(C)cc(=O)oc4c23)cc1. The normalized spacial score (nSPS) is 11.2. The second-order valence-corrected chi connectivity index (χ2v) is 7.29. The first-order valence-corrected chi connectivity index (χ1v) is 9.81. The number of carbonyl (C=O) groups is 1. The molecule has 0 saturated carbocycles. The zero-order valence-electron chi connectivity index (χ0n) is 17.0. The molecule has 2 aromatic heterocycles. The van der Waals surface area contributed by atoms with Crippen molar-refractivity contribution in [1.82, 2.24) is 0 Å². The Balaban J connectivity index is 1.89. The number of hydrogen-bond donors (Lipinski definition) is 0. The van der Waals surface area contributed by atoms with E-state index in [1.165, 1.54) is 6.07 Å². The monoisotopic (exact) mass is 410 g/mol. The maximum Gasteiger partial charge on any atom is 0.336 e. The fourth-order valence-corrected chi connectivity index (χ4v) is 3.88. The number of hydrogen-bond acceptors (Lipinski definition) is 5. The quantitative estimate of drug-likeness (QED) is 0.279. The molecule has 0 amide bonds. The zero-order valence-corrected chi connectivity index (χ0v) is 17.0. The standard InChI is InChI=1S/C26H18O5/c1-15-14-21(27)31-25-19(15)12-13-20-23(25)22(16-8-10-18(29-2)11-9-16)26(30-20)24(28)17-6-4-3-5-7-17/h3-14H,1-2H3. The molecule has 0 atom stereocenters. The maximum absolute atomic E-state index is 13.4. The number of ether oxygens (including phenoxy) is 1. The predicted molar refractivity (Wildman–Crippen MR) is 119 cm³/mol. The molecule has 2 heterocycles. The third kappa shape index (κ3) is 3.11. The number of methoxy groups -OCH3 is 1. The maximum atomic E-state index is 13.4. The van der Waals surface area contributed by atoms with Gasteiger partial charge in [0.15, 0.2) is 5.76 Å². The molecule has 0 aliphatic heterocycles. The highest BCUT2D eigenvalue weighted by Gasteiger charge is 2.25.